The zero-order valence-electron chi connectivity index (χ0n) is 16.3. The van der Waals surface area contributed by atoms with Gasteiger partial charge in [-0.05, 0) is 0 Å². The standard InChI is InChI=1S/C15H30N8O4/c1-14(2)10(24)20(7-5-16)12(26)22(14,18)9-23(19)13(27)21(8-6-17)11(25)15(23,3)4/h5-9,16-19H2,1-4H3/q+2. The molecule has 2 rings (SSSR count). The van der Waals surface area contributed by atoms with Crippen LogP contribution in [0.4, 0.5) is 9.59 Å². The fourth-order valence-electron chi connectivity index (χ4n) is 3.56. The highest BCUT2D eigenvalue weighted by atomic mass is 16.2. The summed E-state index contributed by atoms with van der Waals surface area (Å²) in [5, 5.41) is 0. The number of rotatable bonds is 6. The number of hydrogen-bond acceptors (Lipinski definition) is 8. The number of urea groups is 2. The average Bonchev–Trinajstić information content (AvgIpc) is 2.78. The number of nitrogens with zero attached hydrogens (tertiary/aromatic N) is 4. The van der Waals surface area contributed by atoms with Crippen molar-refractivity contribution in [3.63, 3.8) is 0 Å². The quantitative estimate of drug-likeness (QED) is 0.171. The molecular weight excluding hydrogens is 356 g/mol. The monoisotopic (exact) mass is 386 g/mol. The molecule has 12 heteroatoms. The van der Waals surface area contributed by atoms with E-state index in [0.717, 1.165) is 9.80 Å². The Balaban J connectivity index is 2.53. The van der Waals surface area contributed by atoms with Crippen molar-refractivity contribution >= 4 is 23.9 Å². The number of hydrogen-bond donors (Lipinski definition) is 4. The molecule has 152 valence electrons. The molecule has 2 aliphatic heterocycles. The fraction of sp³-hybridized carbons (Fsp3) is 0.733. The predicted octanol–water partition coefficient (Wildman–Crippen LogP) is -2.28. The van der Waals surface area contributed by atoms with Crippen molar-refractivity contribution in [1.29, 1.82) is 0 Å². The summed E-state index contributed by atoms with van der Waals surface area (Å²) in [7, 11) is 0. The van der Waals surface area contributed by atoms with Gasteiger partial charge in [-0.25, -0.2) is 19.4 Å². The molecule has 0 radical (unpaired) electrons. The molecule has 0 spiro atoms. The lowest BCUT2D eigenvalue weighted by atomic mass is 10.0. The number of carbonyl (C=O) groups is 4. The first kappa shape index (κ1) is 21.3. The first-order valence-corrected chi connectivity index (χ1v) is 8.70. The molecule has 2 aliphatic rings. The number of quaternary nitrogens is 2. The van der Waals surface area contributed by atoms with E-state index in [1.54, 1.807) is 0 Å². The van der Waals surface area contributed by atoms with Gasteiger partial charge in [-0.3, -0.25) is 9.59 Å². The third-order valence-corrected chi connectivity index (χ3v) is 5.83. The van der Waals surface area contributed by atoms with Gasteiger partial charge >= 0.3 is 12.1 Å². The maximum Gasteiger partial charge on any atom is 0.450 e. The van der Waals surface area contributed by atoms with Crippen molar-refractivity contribution in [2.75, 3.05) is 32.8 Å². The van der Waals surface area contributed by atoms with Crippen LogP contribution in [0.3, 0.4) is 0 Å². The minimum absolute atomic E-state index is 0.00155. The van der Waals surface area contributed by atoms with Gasteiger partial charge < -0.3 is 11.5 Å². The van der Waals surface area contributed by atoms with Crippen molar-refractivity contribution < 1.29 is 28.4 Å². The molecule has 0 aliphatic carbocycles. The second-order valence-electron chi connectivity index (χ2n) is 8.05. The molecule has 2 saturated heterocycles. The van der Waals surface area contributed by atoms with E-state index in [4.69, 9.17) is 23.2 Å². The summed E-state index contributed by atoms with van der Waals surface area (Å²) in [4.78, 5) is 53.3. The van der Waals surface area contributed by atoms with Crippen LogP contribution in [0.1, 0.15) is 27.7 Å². The van der Waals surface area contributed by atoms with Gasteiger partial charge in [-0.1, -0.05) is 0 Å². The molecule has 0 aromatic carbocycles. The van der Waals surface area contributed by atoms with Gasteiger partial charge in [-0.15, -0.1) is 9.18 Å². The molecule has 2 unspecified atom stereocenters. The minimum Gasteiger partial charge on any atom is -0.329 e. The van der Waals surface area contributed by atoms with Gasteiger partial charge in [0.1, 0.15) is 0 Å². The summed E-state index contributed by atoms with van der Waals surface area (Å²) in [6.07, 6.45) is 0. The van der Waals surface area contributed by atoms with Crippen LogP contribution in [0, 0.1) is 0 Å². The van der Waals surface area contributed by atoms with Gasteiger partial charge in [-0.2, -0.15) is 11.7 Å². The van der Waals surface area contributed by atoms with Crippen LogP contribution in [0.25, 0.3) is 0 Å². The van der Waals surface area contributed by atoms with Crippen LogP contribution >= 0.6 is 0 Å². The summed E-state index contributed by atoms with van der Waals surface area (Å²) < 4.78 is -1.89. The maximum absolute atomic E-state index is 13.0. The Bertz CT molecular complexity index is 650. The predicted molar refractivity (Wildman–Crippen MR) is 94.2 cm³/mol. The lowest BCUT2D eigenvalue weighted by Crippen LogP contribution is -2.79. The summed E-state index contributed by atoms with van der Waals surface area (Å²) in [5.41, 5.74) is 8.21. The van der Waals surface area contributed by atoms with E-state index in [2.05, 4.69) is 0 Å². The van der Waals surface area contributed by atoms with E-state index in [1.165, 1.54) is 27.7 Å². The van der Waals surface area contributed by atoms with Crippen LogP contribution in [0.2, 0.25) is 0 Å². The van der Waals surface area contributed by atoms with Gasteiger partial charge in [0.25, 0.3) is 18.5 Å². The van der Waals surface area contributed by atoms with Crippen molar-refractivity contribution in [3.8, 4) is 0 Å². The normalized spacial score (nSPS) is 32.7. The molecule has 6 amide bonds. The van der Waals surface area contributed by atoms with Crippen LogP contribution in [-0.4, -0.2) is 86.8 Å². The van der Waals surface area contributed by atoms with Gasteiger partial charge in [0.05, 0.1) is 0 Å². The average molecular weight is 386 g/mol. The van der Waals surface area contributed by atoms with E-state index in [1.807, 2.05) is 0 Å². The van der Waals surface area contributed by atoms with Crippen molar-refractivity contribution in [2.24, 2.45) is 23.2 Å². The number of imide groups is 2. The summed E-state index contributed by atoms with van der Waals surface area (Å²) in [6.45, 7) is 5.68. The Morgan fingerprint density at radius 1 is 0.741 bits per heavy atom. The highest BCUT2D eigenvalue weighted by Crippen LogP contribution is 2.39. The lowest BCUT2D eigenvalue weighted by Gasteiger charge is -2.41. The van der Waals surface area contributed by atoms with Gasteiger partial charge in [0.15, 0.2) is 0 Å². The van der Waals surface area contributed by atoms with Crippen molar-refractivity contribution in [1.82, 2.24) is 9.80 Å². The molecule has 12 nitrogen and oxygen atoms in total. The van der Waals surface area contributed by atoms with Gasteiger partial charge in [0, 0.05) is 53.9 Å². The highest BCUT2D eigenvalue weighted by Gasteiger charge is 2.74. The number of amides is 6. The molecular formula is C15H30N8O4+2. The largest absolute Gasteiger partial charge is 0.450 e. The van der Waals surface area contributed by atoms with E-state index >= 15 is 0 Å². The molecule has 2 atom stereocenters. The summed E-state index contributed by atoms with van der Waals surface area (Å²) >= 11 is 0. The van der Waals surface area contributed by atoms with E-state index in [9.17, 15) is 19.2 Å². The Morgan fingerprint density at radius 2 is 1.04 bits per heavy atom. The fourth-order valence-corrected chi connectivity index (χ4v) is 3.56. The topological polar surface area (TPSA) is 179 Å². The molecule has 2 heterocycles. The molecule has 0 bridgehead atoms. The minimum atomic E-state index is -1.39. The van der Waals surface area contributed by atoms with Crippen molar-refractivity contribution in [2.45, 2.75) is 38.8 Å². The highest BCUT2D eigenvalue weighted by molar-refractivity contribution is 6.03. The van der Waals surface area contributed by atoms with Crippen molar-refractivity contribution in [3.05, 3.63) is 0 Å². The molecule has 8 N–H and O–H groups in total. The SMILES string of the molecule is CC1(C)C(=O)N(CCN)C(=O)[N+]1(N)C[N+]1(N)C(=O)N(CCN)C(=O)C1(C)C. The molecule has 0 aromatic rings. The summed E-state index contributed by atoms with van der Waals surface area (Å²) in [5.74, 6) is 11.7. The number of carbonyl (C=O) groups excluding carboxylic acids is 4. The summed E-state index contributed by atoms with van der Waals surface area (Å²) in [6, 6.07) is -1.43. The third kappa shape index (κ3) is 2.52. The van der Waals surface area contributed by atoms with Crippen LogP contribution < -0.4 is 23.2 Å². The second kappa shape index (κ2) is 6.29. The Kier molecular flexibility index (Phi) is 4.97. The van der Waals surface area contributed by atoms with Crippen LogP contribution in [0.15, 0.2) is 0 Å². The van der Waals surface area contributed by atoms with E-state index < -0.39 is 50.8 Å². The Hall–Kier alpha value is -1.96. The zero-order valence-corrected chi connectivity index (χ0v) is 16.3. The molecule has 0 aromatic heterocycles. The third-order valence-electron chi connectivity index (χ3n) is 5.83. The Morgan fingerprint density at radius 3 is 1.30 bits per heavy atom. The molecule has 27 heavy (non-hydrogen) atoms. The lowest BCUT2D eigenvalue weighted by molar-refractivity contribution is -1.07. The first-order chi connectivity index (χ1) is 12.2. The van der Waals surface area contributed by atoms with Gasteiger partial charge in [0.2, 0.25) is 11.1 Å². The zero-order chi connectivity index (χ0) is 21.0. The van der Waals surface area contributed by atoms with Crippen LogP contribution in [0.5, 0.6) is 0 Å². The molecule has 2 fully saturated rings. The van der Waals surface area contributed by atoms with E-state index in [0.29, 0.717) is 0 Å². The second-order valence-corrected chi connectivity index (χ2v) is 8.05. The molecule has 0 saturated carbocycles. The van der Waals surface area contributed by atoms with E-state index in [-0.39, 0.29) is 26.2 Å². The number of nitrogens with two attached hydrogens (primary N) is 4. The Labute approximate surface area is 157 Å². The smallest absolute Gasteiger partial charge is 0.329 e. The first-order valence-electron chi connectivity index (χ1n) is 8.70. The maximum atomic E-state index is 13.0. The van der Waals surface area contributed by atoms with Crippen LogP contribution in [-0.2, 0) is 9.59 Å².